The van der Waals surface area contributed by atoms with Crippen molar-refractivity contribution in [2.75, 3.05) is 20.3 Å². The van der Waals surface area contributed by atoms with Crippen LogP contribution in [0.15, 0.2) is 24.3 Å². The van der Waals surface area contributed by atoms with Crippen LogP contribution in [-0.4, -0.2) is 31.1 Å². The van der Waals surface area contributed by atoms with E-state index in [0.29, 0.717) is 31.7 Å². The fourth-order valence-corrected chi connectivity index (χ4v) is 1.60. The fourth-order valence-electron chi connectivity index (χ4n) is 1.60. The first-order valence-corrected chi connectivity index (χ1v) is 5.98. The molecule has 0 unspecified atom stereocenters. The van der Waals surface area contributed by atoms with Crippen molar-refractivity contribution in [1.82, 2.24) is 4.90 Å². The number of ether oxygens (including phenoxy) is 1. The zero-order valence-corrected chi connectivity index (χ0v) is 10.8. The number of rotatable bonds is 6. The quantitative estimate of drug-likeness (QED) is 0.721. The number of hydrogen-bond acceptors (Lipinski definition) is 3. The van der Waals surface area contributed by atoms with E-state index in [1.165, 1.54) is 0 Å². The predicted molar refractivity (Wildman–Crippen MR) is 68.7 cm³/mol. The normalized spacial score (nSPS) is 9.83. The molecular weight excluding hydrogens is 228 g/mol. The van der Waals surface area contributed by atoms with E-state index in [1.807, 2.05) is 19.1 Å². The Morgan fingerprint density at radius 1 is 1.50 bits per heavy atom. The average Bonchev–Trinajstić information content (AvgIpc) is 2.39. The van der Waals surface area contributed by atoms with Crippen molar-refractivity contribution in [3.8, 4) is 6.07 Å². The predicted octanol–water partition coefficient (Wildman–Crippen LogP) is 1.94. The number of nitriles is 1. The Morgan fingerprint density at radius 2 is 2.28 bits per heavy atom. The van der Waals surface area contributed by atoms with Crippen LogP contribution in [0.4, 0.5) is 0 Å². The van der Waals surface area contributed by atoms with Gasteiger partial charge in [-0.2, -0.15) is 5.26 Å². The number of amides is 1. The lowest BCUT2D eigenvalue weighted by Crippen LogP contribution is -2.27. The summed E-state index contributed by atoms with van der Waals surface area (Å²) in [6, 6.07) is 9.37. The van der Waals surface area contributed by atoms with Gasteiger partial charge in [-0.1, -0.05) is 12.1 Å². The molecule has 0 saturated heterocycles. The molecule has 0 aliphatic rings. The van der Waals surface area contributed by atoms with Crippen LogP contribution in [0.25, 0.3) is 0 Å². The number of carbonyl (C=O) groups is 1. The first-order valence-electron chi connectivity index (χ1n) is 5.98. The summed E-state index contributed by atoms with van der Waals surface area (Å²) in [4.78, 5) is 13.4. The summed E-state index contributed by atoms with van der Waals surface area (Å²) in [6.45, 7) is 3.50. The fraction of sp³-hybridized carbons (Fsp3) is 0.429. The van der Waals surface area contributed by atoms with E-state index >= 15 is 0 Å². The highest BCUT2D eigenvalue weighted by atomic mass is 16.5. The average molecular weight is 246 g/mol. The second kappa shape index (κ2) is 7.46. The van der Waals surface area contributed by atoms with Gasteiger partial charge in [0.1, 0.15) is 0 Å². The van der Waals surface area contributed by atoms with Crippen LogP contribution >= 0.6 is 0 Å². The maximum absolute atomic E-state index is 11.8. The van der Waals surface area contributed by atoms with Crippen LogP contribution in [-0.2, 0) is 16.1 Å². The largest absolute Gasteiger partial charge is 0.381 e. The minimum absolute atomic E-state index is 0.0470. The molecule has 0 heterocycles. The standard InChI is InChI=1S/C14H18N2O2/c1-3-18-8-7-14(17)16(2)11-13-6-4-5-12(9-13)10-15/h4-6,9H,3,7-8,11H2,1-2H3. The van der Waals surface area contributed by atoms with Gasteiger partial charge in [-0.15, -0.1) is 0 Å². The van der Waals surface area contributed by atoms with E-state index in [0.717, 1.165) is 5.56 Å². The number of carbonyl (C=O) groups excluding carboxylic acids is 1. The second-order valence-corrected chi connectivity index (χ2v) is 4.01. The lowest BCUT2D eigenvalue weighted by atomic mass is 10.1. The Hall–Kier alpha value is -1.86. The lowest BCUT2D eigenvalue weighted by molar-refractivity contribution is -0.131. The van der Waals surface area contributed by atoms with Crippen molar-refractivity contribution in [2.24, 2.45) is 0 Å². The maximum atomic E-state index is 11.8. The molecule has 0 saturated carbocycles. The van der Waals surface area contributed by atoms with Crippen LogP contribution in [0.5, 0.6) is 0 Å². The van der Waals surface area contributed by atoms with Crippen molar-refractivity contribution in [2.45, 2.75) is 19.9 Å². The van der Waals surface area contributed by atoms with Crippen LogP contribution in [0.3, 0.4) is 0 Å². The monoisotopic (exact) mass is 246 g/mol. The van der Waals surface area contributed by atoms with E-state index in [4.69, 9.17) is 10.00 Å². The van der Waals surface area contributed by atoms with E-state index < -0.39 is 0 Å². The molecule has 0 N–H and O–H groups in total. The molecule has 0 spiro atoms. The van der Waals surface area contributed by atoms with Crippen molar-refractivity contribution in [3.63, 3.8) is 0 Å². The van der Waals surface area contributed by atoms with Gasteiger partial charge in [0, 0.05) is 20.2 Å². The number of hydrogen-bond donors (Lipinski definition) is 0. The van der Waals surface area contributed by atoms with Crippen molar-refractivity contribution in [1.29, 1.82) is 5.26 Å². The Bertz CT molecular complexity index is 438. The summed E-state index contributed by atoms with van der Waals surface area (Å²) < 4.78 is 5.15. The summed E-state index contributed by atoms with van der Waals surface area (Å²) in [7, 11) is 1.76. The van der Waals surface area contributed by atoms with Gasteiger partial charge >= 0.3 is 0 Å². The molecule has 1 rings (SSSR count). The molecule has 1 amide bonds. The van der Waals surface area contributed by atoms with Gasteiger partial charge in [-0.25, -0.2) is 0 Å². The topological polar surface area (TPSA) is 53.3 Å². The summed E-state index contributed by atoms with van der Waals surface area (Å²) in [5.74, 6) is 0.0470. The van der Waals surface area contributed by atoms with Crippen molar-refractivity contribution >= 4 is 5.91 Å². The summed E-state index contributed by atoms with van der Waals surface area (Å²) in [6.07, 6.45) is 0.391. The zero-order chi connectivity index (χ0) is 13.4. The third-order valence-corrected chi connectivity index (χ3v) is 2.57. The maximum Gasteiger partial charge on any atom is 0.224 e. The van der Waals surface area contributed by atoms with Crippen LogP contribution < -0.4 is 0 Å². The van der Waals surface area contributed by atoms with Gasteiger partial charge in [-0.3, -0.25) is 4.79 Å². The molecule has 18 heavy (non-hydrogen) atoms. The van der Waals surface area contributed by atoms with E-state index in [-0.39, 0.29) is 5.91 Å². The van der Waals surface area contributed by atoms with E-state index in [2.05, 4.69) is 6.07 Å². The van der Waals surface area contributed by atoms with Crippen molar-refractivity contribution < 1.29 is 9.53 Å². The molecule has 0 aliphatic heterocycles. The van der Waals surface area contributed by atoms with Crippen molar-refractivity contribution in [3.05, 3.63) is 35.4 Å². The molecule has 4 nitrogen and oxygen atoms in total. The van der Waals surface area contributed by atoms with Gasteiger partial charge < -0.3 is 9.64 Å². The SMILES string of the molecule is CCOCCC(=O)N(C)Cc1cccc(C#N)c1. The Kier molecular flexibility index (Phi) is 5.89. The highest BCUT2D eigenvalue weighted by molar-refractivity contribution is 5.75. The smallest absolute Gasteiger partial charge is 0.224 e. The number of benzene rings is 1. The summed E-state index contributed by atoms with van der Waals surface area (Å²) >= 11 is 0. The van der Waals surface area contributed by atoms with Gasteiger partial charge in [0.2, 0.25) is 5.91 Å². The Balaban J connectivity index is 2.50. The molecule has 1 aromatic carbocycles. The highest BCUT2D eigenvalue weighted by Gasteiger charge is 2.09. The second-order valence-electron chi connectivity index (χ2n) is 4.01. The Labute approximate surface area is 108 Å². The first kappa shape index (κ1) is 14.2. The first-order chi connectivity index (χ1) is 8.67. The van der Waals surface area contributed by atoms with Gasteiger partial charge in [-0.05, 0) is 24.6 Å². The van der Waals surface area contributed by atoms with Gasteiger partial charge in [0.25, 0.3) is 0 Å². The molecule has 0 bridgehead atoms. The summed E-state index contributed by atoms with van der Waals surface area (Å²) in [5, 5.41) is 8.80. The molecule has 96 valence electrons. The molecule has 0 atom stereocenters. The molecule has 0 aliphatic carbocycles. The molecule has 0 radical (unpaired) electrons. The van der Waals surface area contributed by atoms with E-state index in [1.54, 1.807) is 24.1 Å². The highest BCUT2D eigenvalue weighted by Crippen LogP contribution is 2.07. The lowest BCUT2D eigenvalue weighted by Gasteiger charge is -2.17. The minimum Gasteiger partial charge on any atom is -0.381 e. The third kappa shape index (κ3) is 4.56. The van der Waals surface area contributed by atoms with E-state index in [9.17, 15) is 4.79 Å². The molecule has 4 heteroatoms. The number of nitrogens with zero attached hydrogens (tertiary/aromatic N) is 2. The van der Waals surface area contributed by atoms with Crippen LogP contribution in [0.2, 0.25) is 0 Å². The zero-order valence-electron chi connectivity index (χ0n) is 10.8. The molecule has 0 fully saturated rings. The molecule has 1 aromatic rings. The van der Waals surface area contributed by atoms with Crippen LogP contribution in [0, 0.1) is 11.3 Å². The van der Waals surface area contributed by atoms with Gasteiger partial charge in [0.15, 0.2) is 0 Å². The summed E-state index contributed by atoms with van der Waals surface area (Å²) in [5.41, 5.74) is 1.57. The third-order valence-electron chi connectivity index (χ3n) is 2.57. The Morgan fingerprint density at radius 3 is 2.94 bits per heavy atom. The van der Waals surface area contributed by atoms with Crippen LogP contribution in [0.1, 0.15) is 24.5 Å². The molecule has 0 aromatic heterocycles. The minimum atomic E-state index is 0.0470. The molecular formula is C14H18N2O2. The van der Waals surface area contributed by atoms with Gasteiger partial charge in [0.05, 0.1) is 24.7 Å².